The van der Waals surface area contributed by atoms with Crippen LogP contribution in [0.3, 0.4) is 0 Å². The first-order chi connectivity index (χ1) is 11.5. The van der Waals surface area contributed by atoms with Crippen LogP contribution in [0.1, 0.15) is 21.5 Å². The summed E-state index contributed by atoms with van der Waals surface area (Å²) in [5.41, 5.74) is 1.81. The van der Waals surface area contributed by atoms with E-state index in [2.05, 4.69) is 5.32 Å². The number of halogens is 1. The average molecular weight is 331 g/mol. The van der Waals surface area contributed by atoms with Gasteiger partial charge >= 0.3 is 5.97 Å². The molecule has 0 atom stereocenters. The second-order valence-electron chi connectivity index (χ2n) is 5.18. The average Bonchev–Trinajstić information content (AvgIpc) is 2.59. The van der Waals surface area contributed by atoms with E-state index in [-0.39, 0.29) is 5.56 Å². The summed E-state index contributed by atoms with van der Waals surface area (Å²) in [6, 6.07) is 11.4. The second-order valence-corrected chi connectivity index (χ2v) is 5.18. The normalized spacial score (nSPS) is 10.1. The molecule has 0 fully saturated rings. The van der Waals surface area contributed by atoms with Crippen LogP contribution >= 0.6 is 0 Å². The van der Waals surface area contributed by atoms with Crippen LogP contribution in [0.5, 0.6) is 5.75 Å². The number of aryl methyl sites for hydroxylation is 1. The Hall–Kier alpha value is -2.89. The molecule has 0 spiro atoms. The van der Waals surface area contributed by atoms with Crippen molar-refractivity contribution in [3.8, 4) is 5.75 Å². The summed E-state index contributed by atoms with van der Waals surface area (Å²) < 4.78 is 23.4. The largest absolute Gasteiger partial charge is 0.497 e. The summed E-state index contributed by atoms with van der Waals surface area (Å²) in [7, 11) is 1.39. The molecule has 0 saturated heterocycles. The predicted molar refractivity (Wildman–Crippen MR) is 86.3 cm³/mol. The van der Waals surface area contributed by atoms with E-state index in [0.29, 0.717) is 12.3 Å². The molecular weight excluding hydrogens is 313 g/mol. The minimum atomic E-state index is -0.902. The van der Waals surface area contributed by atoms with Crippen molar-refractivity contribution in [1.82, 2.24) is 5.32 Å². The van der Waals surface area contributed by atoms with Crippen LogP contribution < -0.4 is 10.1 Å². The van der Waals surface area contributed by atoms with Crippen LogP contribution in [0.4, 0.5) is 4.39 Å². The number of ether oxygens (including phenoxy) is 2. The molecule has 5 nitrogen and oxygen atoms in total. The van der Waals surface area contributed by atoms with Crippen molar-refractivity contribution < 1.29 is 23.5 Å². The SMILES string of the molecule is COc1ccc(C(=O)OCC(=O)NCc2ccc(C)cc2)c(F)c1. The fourth-order valence-electron chi connectivity index (χ4n) is 1.95. The van der Waals surface area contributed by atoms with Crippen LogP contribution in [0.15, 0.2) is 42.5 Å². The summed E-state index contributed by atoms with van der Waals surface area (Å²) in [6.07, 6.45) is 0. The Bertz CT molecular complexity index is 728. The number of hydrogen-bond acceptors (Lipinski definition) is 4. The van der Waals surface area contributed by atoms with Crippen molar-refractivity contribution in [2.75, 3.05) is 13.7 Å². The lowest BCUT2D eigenvalue weighted by molar-refractivity contribution is -0.124. The molecule has 0 aliphatic heterocycles. The van der Waals surface area contributed by atoms with Crippen LogP contribution in [0.25, 0.3) is 0 Å². The number of methoxy groups -OCH3 is 1. The van der Waals surface area contributed by atoms with Gasteiger partial charge in [-0.2, -0.15) is 0 Å². The predicted octanol–water partition coefficient (Wildman–Crippen LogP) is 2.62. The molecule has 0 radical (unpaired) electrons. The first kappa shape index (κ1) is 17.5. The number of esters is 1. The maximum absolute atomic E-state index is 13.7. The smallest absolute Gasteiger partial charge is 0.341 e. The molecule has 0 aliphatic rings. The van der Waals surface area contributed by atoms with Gasteiger partial charge in [0.25, 0.3) is 5.91 Å². The topological polar surface area (TPSA) is 64.6 Å². The van der Waals surface area contributed by atoms with Crippen LogP contribution in [-0.4, -0.2) is 25.6 Å². The molecule has 0 unspecified atom stereocenters. The van der Waals surface area contributed by atoms with Gasteiger partial charge in [-0.15, -0.1) is 0 Å². The van der Waals surface area contributed by atoms with Gasteiger partial charge in [0.1, 0.15) is 11.6 Å². The summed E-state index contributed by atoms with van der Waals surface area (Å²) in [6.45, 7) is 1.82. The third-order valence-corrected chi connectivity index (χ3v) is 3.34. The van der Waals surface area contributed by atoms with Crippen LogP contribution in [-0.2, 0) is 16.1 Å². The van der Waals surface area contributed by atoms with E-state index < -0.39 is 24.3 Å². The molecule has 1 amide bonds. The van der Waals surface area contributed by atoms with Gasteiger partial charge in [-0.1, -0.05) is 29.8 Å². The van der Waals surface area contributed by atoms with Gasteiger partial charge in [0.2, 0.25) is 0 Å². The van der Waals surface area contributed by atoms with Crippen LogP contribution in [0.2, 0.25) is 0 Å². The van der Waals surface area contributed by atoms with Crippen molar-refractivity contribution in [3.63, 3.8) is 0 Å². The van der Waals surface area contributed by atoms with Crippen molar-refractivity contribution in [2.24, 2.45) is 0 Å². The highest BCUT2D eigenvalue weighted by atomic mass is 19.1. The fourth-order valence-corrected chi connectivity index (χ4v) is 1.95. The zero-order valence-electron chi connectivity index (χ0n) is 13.5. The molecular formula is C18H18FNO4. The van der Waals surface area contributed by atoms with E-state index in [1.807, 2.05) is 31.2 Å². The summed E-state index contributed by atoms with van der Waals surface area (Å²) >= 11 is 0. The Morgan fingerprint density at radius 3 is 2.46 bits per heavy atom. The molecule has 24 heavy (non-hydrogen) atoms. The van der Waals surface area contributed by atoms with Crippen molar-refractivity contribution >= 4 is 11.9 Å². The number of benzene rings is 2. The van der Waals surface area contributed by atoms with Gasteiger partial charge < -0.3 is 14.8 Å². The third kappa shape index (κ3) is 4.81. The molecule has 126 valence electrons. The maximum atomic E-state index is 13.7. The summed E-state index contributed by atoms with van der Waals surface area (Å²) in [4.78, 5) is 23.5. The van der Waals surface area contributed by atoms with E-state index in [9.17, 15) is 14.0 Å². The van der Waals surface area contributed by atoms with Gasteiger partial charge in [-0.05, 0) is 24.6 Å². The highest BCUT2D eigenvalue weighted by Gasteiger charge is 2.15. The molecule has 2 aromatic rings. The Kier molecular flexibility index (Phi) is 5.89. The van der Waals surface area contributed by atoms with Crippen molar-refractivity contribution in [2.45, 2.75) is 13.5 Å². The van der Waals surface area contributed by atoms with Crippen molar-refractivity contribution in [1.29, 1.82) is 0 Å². The minimum absolute atomic E-state index is 0.248. The molecule has 0 heterocycles. The molecule has 0 bridgehead atoms. The first-order valence-electron chi connectivity index (χ1n) is 7.32. The zero-order valence-corrected chi connectivity index (χ0v) is 13.5. The Morgan fingerprint density at radius 2 is 1.83 bits per heavy atom. The number of carbonyl (C=O) groups excluding carboxylic acids is 2. The maximum Gasteiger partial charge on any atom is 0.341 e. The van der Waals surface area contributed by atoms with E-state index in [1.165, 1.54) is 19.2 Å². The molecule has 0 aliphatic carbocycles. The van der Waals surface area contributed by atoms with Crippen LogP contribution in [0, 0.1) is 12.7 Å². The minimum Gasteiger partial charge on any atom is -0.497 e. The molecule has 0 aromatic heterocycles. The van der Waals surface area contributed by atoms with E-state index in [4.69, 9.17) is 9.47 Å². The van der Waals surface area contributed by atoms with Gasteiger partial charge in [0.15, 0.2) is 6.61 Å². The van der Waals surface area contributed by atoms with Crippen molar-refractivity contribution in [3.05, 3.63) is 65.0 Å². The lowest BCUT2D eigenvalue weighted by Gasteiger charge is -2.08. The Morgan fingerprint density at radius 1 is 1.12 bits per heavy atom. The lowest BCUT2D eigenvalue weighted by Crippen LogP contribution is -2.28. The standard InChI is InChI=1S/C18H18FNO4/c1-12-3-5-13(6-4-12)10-20-17(21)11-24-18(22)15-8-7-14(23-2)9-16(15)19/h3-9H,10-11H2,1-2H3,(H,20,21). The Balaban J connectivity index is 1.82. The first-order valence-corrected chi connectivity index (χ1v) is 7.32. The molecule has 6 heteroatoms. The summed E-state index contributed by atoms with van der Waals surface area (Å²) in [5, 5.41) is 2.63. The zero-order chi connectivity index (χ0) is 17.5. The Labute approximate surface area is 139 Å². The van der Waals surface area contributed by atoms with Gasteiger partial charge in [-0.3, -0.25) is 4.79 Å². The molecule has 2 rings (SSSR count). The summed E-state index contributed by atoms with van der Waals surface area (Å²) in [5.74, 6) is -1.84. The highest BCUT2D eigenvalue weighted by molar-refractivity contribution is 5.91. The van der Waals surface area contributed by atoms with E-state index >= 15 is 0 Å². The van der Waals surface area contributed by atoms with E-state index in [1.54, 1.807) is 0 Å². The number of rotatable bonds is 6. The van der Waals surface area contributed by atoms with Gasteiger partial charge in [0.05, 0.1) is 12.7 Å². The lowest BCUT2D eigenvalue weighted by atomic mass is 10.1. The molecule has 1 N–H and O–H groups in total. The third-order valence-electron chi connectivity index (χ3n) is 3.34. The highest BCUT2D eigenvalue weighted by Crippen LogP contribution is 2.16. The molecule has 2 aromatic carbocycles. The number of hydrogen-bond donors (Lipinski definition) is 1. The molecule has 0 saturated carbocycles. The number of amides is 1. The fraction of sp³-hybridized carbons (Fsp3) is 0.222. The van der Waals surface area contributed by atoms with Gasteiger partial charge in [-0.25, -0.2) is 9.18 Å². The number of carbonyl (C=O) groups is 2. The monoisotopic (exact) mass is 331 g/mol. The second kappa shape index (κ2) is 8.10. The number of nitrogens with one attached hydrogen (secondary N) is 1. The van der Waals surface area contributed by atoms with E-state index in [0.717, 1.165) is 17.2 Å². The quantitative estimate of drug-likeness (QED) is 0.827. The van der Waals surface area contributed by atoms with Gasteiger partial charge in [0, 0.05) is 12.6 Å².